The Morgan fingerprint density at radius 3 is 2.78 bits per heavy atom. The van der Waals surface area contributed by atoms with E-state index in [2.05, 4.69) is 31.1 Å². The molecule has 0 unspecified atom stereocenters. The number of aromatic nitrogens is 2. The first-order valence-electron chi connectivity index (χ1n) is 7.87. The van der Waals surface area contributed by atoms with Gasteiger partial charge < -0.3 is 19.2 Å². The van der Waals surface area contributed by atoms with Gasteiger partial charge in [-0.1, -0.05) is 12.1 Å². The highest BCUT2D eigenvalue weighted by Gasteiger charge is 2.20. The van der Waals surface area contributed by atoms with E-state index in [0.29, 0.717) is 11.5 Å². The number of esters is 1. The number of rotatable bonds is 6. The van der Waals surface area contributed by atoms with Crippen LogP contribution >= 0.6 is 15.9 Å². The zero-order chi connectivity index (χ0) is 19.4. The van der Waals surface area contributed by atoms with Crippen molar-refractivity contribution in [3.8, 4) is 5.75 Å². The van der Waals surface area contributed by atoms with Gasteiger partial charge in [0.2, 0.25) is 0 Å². The van der Waals surface area contributed by atoms with Crippen molar-refractivity contribution in [1.29, 1.82) is 0 Å². The zero-order valence-corrected chi connectivity index (χ0v) is 16.1. The molecule has 1 aromatic carbocycles. The van der Waals surface area contributed by atoms with Crippen molar-refractivity contribution < 1.29 is 23.5 Å². The van der Waals surface area contributed by atoms with Crippen LogP contribution in [0.1, 0.15) is 26.8 Å². The largest absolute Gasteiger partial charge is 0.484 e. The van der Waals surface area contributed by atoms with Crippen LogP contribution in [0.3, 0.4) is 0 Å². The third kappa shape index (κ3) is 4.37. The SMILES string of the molecule is COC(=O)c1nn(C)cc1NC(=O)c1ccc(COc2ccccc2Br)o1. The van der Waals surface area contributed by atoms with Gasteiger partial charge in [-0.2, -0.15) is 5.10 Å². The number of halogens is 1. The number of amides is 1. The summed E-state index contributed by atoms with van der Waals surface area (Å²) in [5.41, 5.74) is 0.245. The standard InChI is InChI=1S/C18H16BrN3O5/c1-22-9-13(16(21-22)18(24)25-2)20-17(23)15-8-7-11(27-15)10-26-14-6-4-3-5-12(14)19/h3-9H,10H2,1-2H3,(H,20,23). The highest BCUT2D eigenvalue weighted by Crippen LogP contribution is 2.25. The van der Waals surface area contributed by atoms with Gasteiger partial charge in [0.1, 0.15) is 18.1 Å². The molecular weight excluding hydrogens is 418 g/mol. The van der Waals surface area contributed by atoms with Crippen molar-refractivity contribution in [3.63, 3.8) is 0 Å². The lowest BCUT2D eigenvalue weighted by Gasteiger charge is -2.06. The van der Waals surface area contributed by atoms with Crippen molar-refractivity contribution in [2.75, 3.05) is 12.4 Å². The minimum atomic E-state index is -0.645. The number of methoxy groups -OCH3 is 1. The second-order valence-electron chi connectivity index (χ2n) is 5.50. The molecule has 0 saturated heterocycles. The van der Waals surface area contributed by atoms with Gasteiger partial charge in [0.25, 0.3) is 5.91 Å². The fourth-order valence-corrected chi connectivity index (χ4v) is 2.70. The molecule has 2 aromatic heterocycles. The number of ether oxygens (including phenoxy) is 2. The van der Waals surface area contributed by atoms with Crippen LogP contribution in [-0.4, -0.2) is 28.8 Å². The van der Waals surface area contributed by atoms with Crippen LogP contribution in [0, 0.1) is 0 Å². The number of carbonyl (C=O) groups is 2. The lowest BCUT2D eigenvalue weighted by atomic mass is 10.3. The normalized spacial score (nSPS) is 10.5. The van der Waals surface area contributed by atoms with E-state index >= 15 is 0 Å². The van der Waals surface area contributed by atoms with E-state index in [-0.39, 0.29) is 23.7 Å². The number of nitrogens with one attached hydrogen (secondary N) is 1. The summed E-state index contributed by atoms with van der Waals surface area (Å²) in [6.45, 7) is 0.163. The lowest BCUT2D eigenvalue weighted by Crippen LogP contribution is -2.14. The summed E-state index contributed by atoms with van der Waals surface area (Å²) >= 11 is 3.40. The molecule has 0 spiro atoms. The molecular formula is C18H16BrN3O5. The van der Waals surface area contributed by atoms with Crippen LogP contribution in [0.25, 0.3) is 0 Å². The summed E-state index contributed by atoms with van der Waals surface area (Å²) in [6, 6.07) is 10.6. The monoisotopic (exact) mass is 433 g/mol. The van der Waals surface area contributed by atoms with Gasteiger partial charge in [-0.25, -0.2) is 4.79 Å². The number of carbonyl (C=O) groups excluding carboxylic acids is 2. The Labute approximate surface area is 163 Å². The average Bonchev–Trinajstić information content (AvgIpc) is 3.27. The molecule has 2 heterocycles. The molecule has 0 bridgehead atoms. The fourth-order valence-electron chi connectivity index (χ4n) is 2.30. The van der Waals surface area contributed by atoms with Crippen LogP contribution in [-0.2, 0) is 18.4 Å². The van der Waals surface area contributed by atoms with Gasteiger partial charge in [-0.05, 0) is 40.2 Å². The molecule has 0 saturated carbocycles. The Hall–Kier alpha value is -3.07. The van der Waals surface area contributed by atoms with Crippen LogP contribution in [0.5, 0.6) is 5.75 Å². The van der Waals surface area contributed by atoms with Crippen LogP contribution in [0.2, 0.25) is 0 Å². The molecule has 140 valence electrons. The first-order valence-corrected chi connectivity index (χ1v) is 8.66. The van der Waals surface area contributed by atoms with Crippen molar-refractivity contribution in [3.05, 3.63) is 64.3 Å². The van der Waals surface area contributed by atoms with E-state index in [0.717, 1.165) is 4.47 Å². The van der Waals surface area contributed by atoms with Crippen molar-refractivity contribution in [1.82, 2.24) is 9.78 Å². The predicted octanol–water partition coefficient (Wildman–Crippen LogP) is 3.39. The van der Waals surface area contributed by atoms with Crippen LogP contribution in [0.15, 0.2) is 51.5 Å². The Balaban J connectivity index is 1.67. The maximum absolute atomic E-state index is 12.4. The maximum atomic E-state index is 12.4. The van der Waals surface area contributed by atoms with Gasteiger partial charge in [-0.3, -0.25) is 9.48 Å². The minimum Gasteiger partial charge on any atom is -0.484 e. The number of nitrogens with zero attached hydrogens (tertiary/aromatic N) is 2. The second-order valence-corrected chi connectivity index (χ2v) is 6.35. The molecule has 0 aliphatic rings. The summed E-state index contributed by atoms with van der Waals surface area (Å²) in [4.78, 5) is 24.1. The molecule has 0 atom stereocenters. The smallest absolute Gasteiger partial charge is 0.360 e. The summed E-state index contributed by atoms with van der Waals surface area (Å²) in [7, 11) is 2.87. The molecule has 0 fully saturated rings. The van der Waals surface area contributed by atoms with Crippen LogP contribution < -0.4 is 10.1 Å². The van der Waals surface area contributed by atoms with Crippen molar-refractivity contribution in [2.45, 2.75) is 6.61 Å². The predicted molar refractivity (Wildman–Crippen MR) is 99.7 cm³/mol. The number of anilines is 1. The van der Waals surface area contributed by atoms with Crippen molar-refractivity contribution >= 4 is 33.5 Å². The quantitative estimate of drug-likeness (QED) is 0.598. The highest BCUT2D eigenvalue weighted by atomic mass is 79.9. The van der Waals surface area contributed by atoms with E-state index in [1.54, 1.807) is 13.1 Å². The number of hydrogen-bond acceptors (Lipinski definition) is 6. The van der Waals surface area contributed by atoms with E-state index in [4.69, 9.17) is 9.15 Å². The third-order valence-corrected chi connectivity index (χ3v) is 4.20. The van der Waals surface area contributed by atoms with Gasteiger partial charge in [0, 0.05) is 13.2 Å². The summed E-state index contributed by atoms with van der Waals surface area (Å²) in [5.74, 6) is 0.0711. The lowest BCUT2D eigenvalue weighted by molar-refractivity contribution is 0.0594. The highest BCUT2D eigenvalue weighted by molar-refractivity contribution is 9.10. The van der Waals surface area contributed by atoms with Gasteiger partial charge in [-0.15, -0.1) is 0 Å². The summed E-state index contributed by atoms with van der Waals surface area (Å²) in [5, 5.41) is 6.57. The maximum Gasteiger partial charge on any atom is 0.360 e. The van der Waals surface area contributed by atoms with Gasteiger partial charge in [0.15, 0.2) is 11.5 Å². The molecule has 0 radical (unpaired) electrons. The van der Waals surface area contributed by atoms with E-state index < -0.39 is 11.9 Å². The molecule has 0 aliphatic heterocycles. The molecule has 9 heteroatoms. The molecule has 1 amide bonds. The number of aryl methyl sites for hydroxylation is 1. The Bertz CT molecular complexity index is 979. The van der Waals surface area contributed by atoms with Gasteiger partial charge in [0.05, 0.1) is 17.3 Å². The number of para-hydroxylation sites is 1. The second kappa shape index (κ2) is 8.09. The molecule has 3 aromatic rings. The Kier molecular flexibility index (Phi) is 5.60. The topological polar surface area (TPSA) is 95.6 Å². The minimum absolute atomic E-state index is 0.0115. The average molecular weight is 434 g/mol. The van der Waals surface area contributed by atoms with Crippen molar-refractivity contribution in [2.24, 2.45) is 7.05 Å². The fraction of sp³-hybridized carbons (Fsp3) is 0.167. The van der Waals surface area contributed by atoms with Crippen LogP contribution in [0.4, 0.5) is 5.69 Å². The summed E-state index contributed by atoms with van der Waals surface area (Å²) in [6.07, 6.45) is 1.50. The molecule has 8 nitrogen and oxygen atoms in total. The third-order valence-electron chi connectivity index (χ3n) is 3.55. The van der Waals surface area contributed by atoms with E-state index in [1.807, 2.05) is 24.3 Å². The van der Waals surface area contributed by atoms with E-state index in [9.17, 15) is 9.59 Å². The number of hydrogen-bond donors (Lipinski definition) is 1. The van der Waals surface area contributed by atoms with E-state index in [1.165, 1.54) is 24.1 Å². The van der Waals surface area contributed by atoms with Gasteiger partial charge >= 0.3 is 5.97 Å². The molecule has 27 heavy (non-hydrogen) atoms. The molecule has 1 N–H and O–H groups in total. The first-order chi connectivity index (χ1) is 13.0. The zero-order valence-electron chi connectivity index (χ0n) is 14.6. The Morgan fingerprint density at radius 1 is 1.26 bits per heavy atom. The summed E-state index contributed by atoms with van der Waals surface area (Å²) < 4.78 is 18.1. The first kappa shape index (κ1) is 18.7. The molecule has 3 rings (SSSR count). The number of furan rings is 1. The molecule has 0 aliphatic carbocycles. The Morgan fingerprint density at radius 2 is 2.04 bits per heavy atom. The number of benzene rings is 1.